The first-order valence-electron chi connectivity index (χ1n) is 26.3. The van der Waals surface area contributed by atoms with Crippen molar-refractivity contribution in [2.45, 2.75) is 0 Å². The molecule has 3 aromatic heterocycles. The summed E-state index contributed by atoms with van der Waals surface area (Å²) in [6.07, 6.45) is 0. The van der Waals surface area contributed by atoms with E-state index in [0.717, 1.165) is 39.1 Å². The van der Waals surface area contributed by atoms with Crippen molar-refractivity contribution in [3.05, 3.63) is 279 Å². The number of aromatic nitrogens is 5. The van der Waals surface area contributed by atoms with Gasteiger partial charge in [-0.15, -0.1) is 0 Å². The van der Waals surface area contributed by atoms with Crippen LogP contribution in [0.1, 0.15) is 0 Å². The quantitative estimate of drug-likeness (QED) is 0.107. The van der Waals surface area contributed by atoms with E-state index in [1.165, 1.54) is 80.8 Å². The molecule has 0 spiro atoms. The highest BCUT2D eigenvalue weighted by atomic mass is 28.3. The molecule has 0 radical (unpaired) electrons. The van der Waals surface area contributed by atoms with Gasteiger partial charge in [-0.1, -0.05) is 228 Å². The molecule has 360 valence electrons. The van der Waals surface area contributed by atoms with Crippen LogP contribution in [0.15, 0.2) is 279 Å². The molecule has 3 heterocycles. The summed E-state index contributed by atoms with van der Waals surface area (Å²) in [6.45, 7) is 0. The minimum atomic E-state index is -1.82. The van der Waals surface area contributed by atoms with Crippen molar-refractivity contribution in [3.8, 4) is 56.7 Å². The molecule has 0 atom stereocenters. The zero-order valence-corrected chi connectivity index (χ0v) is 43.0. The average molecular weight is 998 g/mol. The summed E-state index contributed by atoms with van der Waals surface area (Å²) < 4.78 is 4.84. The molecule has 15 rings (SSSR count). The first-order chi connectivity index (χ1) is 38.2. The highest BCUT2D eigenvalue weighted by Gasteiger charge is 2.23. The maximum atomic E-state index is 5.27. The molecule has 0 aliphatic carbocycles. The highest BCUT2D eigenvalue weighted by molar-refractivity contribution is 6.95. The fourth-order valence-electron chi connectivity index (χ4n) is 12.0. The lowest BCUT2D eigenvalue weighted by Gasteiger charge is -2.18. The molecule has 12 aromatic carbocycles. The van der Waals surface area contributed by atoms with E-state index < -0.39 is 8.80 Å². The van der Waals surface area contributed by atoms with Gasteiger partial charge in [0, 0.05) is 49.6 Å². The van der Waals surface area contributed by atoms with E-state index in [1.54, 1.807) is 0 Å². The smallest absolute Gasteiger partial charge is 0.164 e. The van der Waals surface area contributed by atoms with Gasteiger partial charge in [0.05, 0.1) is 22.1 Å². The van der Waals surface area contributed by atoms with Crippen LogP contribution in [0.5, 0.6) is 0 Å². The summed E-state index contributed by atoms with van der Waals surface area (Å²) in [5.41, 5.74) is 12.1. The fourth-order valence-corrected chi connectivity index (χ4v) is 15.0. The van der Waals surface area contributed by atoms with Gasteiger partial charge >= 0.3 is 0 Å². The largest absolute Gasteiger partial charge is 0.309 e. The van der Waals surface area contributed by atoms with Gasteiger partial charge < -0.3 is 9.13 Å². The Morgan fingerprint density at radius 3 is 1.45 bits per heavy atom. The van der Waals surface area contributed by atoms with Crippen LogP contribution in [-0.4, -0.2) is 32.9 Å². The summed E-state index contributed by atoms with van der Waals surface area (Å²) >= 11 is 0. The maximum Gasteiger partial charge on any atom is 0.164 e. The third kappa shape index (κ3) is 7.56. The zero-order chi connectivity index (χ0) is 50.8. The van der Waals surface area contributed by atoms with E-state index in [4.69, 9.17) is 15.0 Å². The number of hydrogen-bond acceptors (Lipinski definition) is 3. The average Bonchev–Trinajstić information content (AvgIpc) is 4.19. The van der Waals surface area contributed by atoms with Crippen molar-refractivity contribution in [3.63, 3.8) is 0 Å². The van der Waals surface area contributed by atoms with Crippen LogP contribution in [0.4, 0.5) is 0 Å². The van der Waals surface area contributed by atoms with Crippen LogP contribution in [0.25, 0.3) is 122 Å². The van der Waals surface area contributed by atoms with Crippen LogP contribution in [0.3, 0.4) is 0 Å². The Morgan fingerprint density at radius 1 is 0.260 bits per heavy atom. The zero-order valence-electron chi connectivity index (χ0n) is 41.9. The van der Waals surface area contributed by atoms with Gasteiger partial charge in [-0.2, -0.15) is 0 Å². The van der Waals surface area contributed by atoms with Crippen molar-refractivity contribution in [1.82, 2.24) is 24.1 Å². The van der Waals surface area contributed by atoms with Crippen molar-refractivity contribution in [2.24, 2.45) is 0 Å². The Morgan fingerprint density at radius 2 is 0.740 bits per heavy atom. The van der Waals surface area contributed by atoms with Crippen molar-refractivity contribution >= 4 is 89.5 Å². The monoisotopic (exact) mass is 997 g/mol. The Kier molecular flexibility index (Phi) is 10.6. The van der Waals surface area contributed by atoms with Gasteiger partial charge in [-0.25, -0.2) is 15.0 Å². The van der Waals surface area contributed by atoms with Crippen LogP contribution < -0.4 is 15.6 Å². The molecule has 0 amide bonds. The fraction of sp³-hybridized carbons (Fsp3) is 0. The first-order valence-corrected chi connectivity index (χ1v) is 28.0. The topological polar surface area (TPSA) is 48.5 Å². The number of rotatable bonds is 9. The molecule has 0 N–H and O–H groups in total. The lowest BCUT2D eigenvalue weighted by atomic mass is 9.93. The first kappa shape index (κ1) is 44.5. The van der Waals surface area contributed by atoms with Crippen LogP contribution >= 0.6 is 0 Å². The molecule has 77 heavy (non-hydrogen) atoms. The molecule has 0 aliphatic rings. The third-order valence-corrected chi connectivity index (χ3v) is 18.6. The maximum absolute atomic E-state index is 5.27. The Bertz CT molecular complexity index is 4680. The predicted octanol–water partition coefficient (Wildman–Crippen LogP) is 15.3. The molecule has 15 aromatic rings. The second-order valence-electron chi connectivity index (χ2n) is 19.9. The van der Waals surface area contributed by atoms with Gasteiger partial charge in [0.2, 0.25) is 0 Å². The van der Waals surface area contributed by atoms with Gasteiger partial charge in [-0.3, -0.25) is 0 Å². The van der Waals surface area contributed by atoms with E-state index in [2.05, 4.69) is 270 Å². The molecule has 5 nitrogen and oxygen atoms in total. The normalized spacial score (nSPS) is 11.8. The molecule has 0 saturated carbocycles. The molecule has 0 bridgehead atoms. The van der Waals surface area contributed by atoms with Gasteiger partial charge in [0.15, 0.2) is 17.5 Å². The summed E-state index contributed by atoms with van der Waals surface area (Å²) in [4.78, 5) is 15.6. The summed E-state index contributed by atoms with van der Waals surface area (Å²) in [7, 11) is -1.82. The van der Waals surface area contributed by atoms with E-state index >= 15 is 0 Å². The van der Waals surface area contributed by atoms with Crippen molar-refractivity contribution in [1.29, 1.82) is 0 Å². The molecular formula is C71H47N5Si. The number of nitrogens with zero attached hydrogens (tertiary/aromatic N) is 5. The number of benzene rings is 12. The second-order valence-corrected chi connectivity index (χ2v) is 22.8. The summed E-state index contributed by atoms with van der Waals surface area (Å²) in [5.74, 6) is 1.91. The Hall–Kier alpha value is -10.0. The van der Waals surface area contributed by atoms with Crippen molar-refractivity contribution < 1.29 is 0 Å². The standard InChI is InChI=1S/C71H47N5Si/c1-5-21-48(22-6-1)69-72-70(74-71(73-69)51-23-19-30-56(44-51)77(54-26-9-3-10-27-54)55-28-11-4-12-29-55)49-36-40-53(41-37-49)75-64-42-39-50(45-62(64)67-57-31-14-13-20-47(57)38-43-65(67)75)61-46-66-68(59-33-16-15-32-58(59)61)60-34-17-18-35-63(60)76(66)52-24-7-2-8-25-52/h1-46,77H. The Labute approximate surface area is 446 Å². The third-order valence-electron chi connectivity index (χ3n) is 15.5. The van der Waals surface area contributed by atoms with Gasteiger partial charge in [-0.05, 0) is 99.4 Å². The van der Waals surface area contributed by atoms with Gasteiger partial charge in [0.1, 0.15) is 8.80 Å². The van der Waals surface area contributed by atoms with Crippen LogP contribution in [0.2, 0.25) is 0 Å². The lowest BCUT2D eigenvalue weighted by Crippen LogP contribution is -2.51. The molecule has 0 aliphatic heterocycles. The van der Waals surface area contributed by atoms with Crippen LogP contribution in [-0.2, 0) is 0 Å². The molecule has 0 saturated heterocycles. The van der Waals surface area contributed by atoms with Crippen molar-refractivity contribution in [2.75, 3.05) is 0 Å². The second kappa shape index (κ2) is 18.4. The molecule has 0 unspecified atom stereocenters. The summed E-state index contributed by atoms with van der Waals surface area (Å²) in [6, 6.07) is 101. The Balaban J connectivity index is 0.877. The number of hydrogen-bond donors (Lipinski definition) is 0. The van der Waals surface area contributed by atoms with Gasteiger partial charge in [0.25, 0.3) is 0 Å². The van der Waals surface area contributed by atoms with Crippen LogP contribution in [0, 0.1) is 0 Å². The SMILES string of the molecule is c1ccc(-c2nc(-c3ccc(-n4c5ccc(-c6cc7c(c8ccccc68)c6ccccc6n7-c6ccccc6)cc5c5c6ccccc6ccc54)cc3)nc(-c3cccc([SiH](c4ccccc4)c4ccccc4)c3)n2)cc1. The molecular weight excluding hydrogens is 951 g/mol. The van der Waals surface area contributed by atoms with E-state index in [0.29, 0.717) is 17.5 Å². The molecule has 6 heteroatoms. The highest BCUT2D eigenvalue weighted by Crippen LogP contribution is 2.44. The number of para-hydroxylation sites is 2. The van der Waals surface area contributed by atoms with E-state index in [9.17, 15) is 0 Å². The molecule has 0 fully saturated rings. The summed E-state index contributed by atoms with van der Waals surface area (Å²) in [5, 5.41) is 13.9. The number of fused-ring (bicyclic) bond motifs is 10. The minimum Gasteiger partial charge on any atom is -0.309 e. The predicted molar refractivity (Wildman–Crippen MR) is 324 cm³/mol. The lowest BCUT2D eigenvalue weighted by molar-refractivity contribution is 1.07. The minimum absolute atomic E-state index is 0.624. The van der Waals surface area contributed by atoms with E-state index in [-0.39, 0.29) is 0 Å². The van der Waals surface area contributed by atoms with E-state index in [1.807, 2.05) is 18.2 Å².